The van der Waals surface area contributed by atoms with E-state index in [1.165, 1.54) is 0 Å². The molecule has 2 heterocycles. The molecule has 0 N–H and O–H groups in total. The number of hydrogen-bond donors (Lipinski definition) is 0. The van der Waals surface area contributed by atoms with Gasteiger partial charge in [-0.1, -0.05) is 26.0 Å². The zero-order chi connectivity index (χ0) is 21.5. The molecule has 0 spiro atoms. The zero-order valence-corrected chi connectivity index (χ0v) is 19.1. The molecule has 2 aromatic rings. The molecule has 1 aliphatic rings. The van der Waals surface area contributed by atoms with E-state index in [4.69, 9.17) is 14.6 Å². The van der Waals surface area contributed by atoms with Crippen molar-refractivity contribution < 1.29 is 14.3 Å². The Hall–Kier alpha value is -2.38. The first kappa shape index (κ1) is 22.3. The summed E-state index contributed by atoms with van der Waals surface area (Å²) in [6.07, 6.45) is 2.73. The second-order valence-corrected chi connectivity index (χ2v) is 8.32. The maximum Gasteiger partial charge on any atom is 0.257 e. The van der Waals surface area contributed by atoms with Crippen LogP contribution in [0, 0.1) is 0 Å². The molecule has 1 unspecified atom stereocenters. The lowest BCUT2D eigenvalue weighted by Gasteiger charge is -2.26. The number of hydrogen-bond acceptors (Lipinski definition) is 6. The largest absolute Gasteiger partial charge is 0.493 e. The first-order chi connectivity index (χ1) is 14.6. The SMILES string of the molecule is CCCN(CCC)CC(=O)N1N=C(c2cccs2)CC1c1ccc(OC)c(OC)c1. The number of hydrazone groups is 1. The third-order valence-corrected chi connectivity index (χ3v) is 6.12. The van der Waals surface area contributed by atoms with Crippen LogP contribution in [0.3, 0.4) is 0 Å². The second kappa shape index (κ2) is 10.6. The Bertz CT molecular complexity index is 861. The molecule has 0 bridgehead atoms. The van der Waals surface area contributed by atoms with Crippen molar-refractivity contribution in [1.29, 1.82) is 0 Å². The lowest BCUT2D eigenvalue weighted by molar-refractivity contribution is -0.134. The average Bonchev–Trinajstić information content (AvgIpc) is 3.43. The van der Waals surface area contributed by atoms with E-state index in [2.05, 4.69) is 24.8 Å². The highest BCUT2D eigenvalue weighted by molar-refractivity contribution is 7.12. The van der Waals surface area contributed by atoms with Crippen molar-refractivity contribution in [2.24, 2.45) is 5.10 Å². The first-order valence-electron chi connectivity index (χ1n) is 10.5. The van der Waals surface area contributed by atoms with Crippen molar-refractivity contribution in [3.05, 3.63) is 46.2 Å². The summed E-state index contributed by atoms with van der Waals surface area (Å²) in [5, 5.41) is 8.49. The summed E-state index contributed by atoms with van der Waals surface area (Å²) in [4.78, 5) is 16.6. The molecule has 1 aromatic carbocycles. The Kier molecular flexibility index (Phi) is 7.87. The summed E-state index contributed by atoms with van der Waals surface area (Å²) in [5.41, 5.74) is 1.95. The van der Waals surface area contributed by atoms with E-state index in [1.807, 2.05) is 29.6 Å². The summed E-state index contributed by atoms with van der Waals surface area (Å²) in [6, 6.07) is 9.76. The number of carbonyl (C=O) groups excluding carboxylic acids is 1. The topological polar surface area (TPSA) is 54.4 Å². The van der Waals surface area contributed by atoms with Crippen LogP contribution in [-0.4, -0.2) is 55.4 Å². The van der Waals surface area contributed by atoms with Crippen molar-refractivity contribution >= 4 is 23.0 Å². The van der Waals surface area contributed by atoms with Gasteiger partial charge in [0.25, 0.3) is 5.91 Å². The van der Waals surface area contributed by atoms with E-state index in [1.54, 1.807) is 30.6 Å². The van der Waals surface area contributed by atoms with Crippen LogP contribution in [0.25, 0.3) is 0 Å². The number of ether oxygens (including phenoxy) is 2. The first-order valence-corrected chi connectivity index (χ1v) is 11.4. The molecule has 0 aliphatic carbocycles. The molecule has 1 atom stereocenters. The average molecular weight is 430 g/mol. The molecule has 0 fully saturated rings. The van der Waals surface area contributed by atoms with Crippen LogP contribution in [-0.2, 0) is 4.79 Å². The van der Waals surface area contributed by atoms with Crippen LogP contribution in [0.1, 0.15) is 49.6 Å². The summed E-state index contributed by atoms with van der Waals surface area (Å²) >= 11 is 1.65. The normalized spacial score (nSPS) is 16.1. The monoisotopic (exact) mass is 429 g/mol. The molecule has 1 aromatic heterocycles. The summed E-state index contributed by atoms with van der Waals surface area (Å²) in [7, 11) is 3.25. The minimum Gasteiger partial charge on any atom is -0.493 e. The van der Waals surface area contributed by atoms with Gasteiger partial charge in [0.1, 0.15) is 0 Å². The van der Waals surface area contributed by atoms with Crippen molar-refractivity contribution in [3.63, 3.8) is 0 Å². The smallest absolute Gasteiger partial charge is 0.257 e. The zero-order valence-electron chi connectivity index (χ0n) is 18.3. The van der Waals surface area contributed by atoms with Crippen molar-refractivity contribution in [2.45, 2.75) is 39.2 Å². The Labute approximate surface area is 183 Å². The lowest BCUT2D eigenvalue weighted by atomic mass is 10.0. The van der Waals surface area contributed by atoms with Crippen LogP contribution < -0.4 is 9.47 Å². The van der Waals surface area contributed by atoms with Gasteiger partial charge < -0.3 is 9.47 Å². The van der Waals surface area contributed by atoms with Crippen molar-refractivity contribution in [1.82, 2.24) is 9.91 Å². The molecule has 30 heavy (non-hydrogen) atoms. The van der Waals surface area contributed by atoms with Gasteiger partial charge in [-0.3, -0.25) is 9.69 Å². The standard InChI is InChI=1S/C23H31N3O3S/c1-5-11-25(12-6-2)16-23(27)26-19(15-18(24-26)22-8-7-13-30-22)17-9-10-20(28-3)21(14-17)29-4/h7-10,13-14,19H,5-6,11-12,15-16H2,1-4H3. The third kappa shape index (κ3) is 5.02. The number of rotatable bonds is 10. The maximum absolute atomic E-state index is 13.3. The van der Waals surface area contributed by atoms with E-state index < -0.39 is 0 Å². The van der Waals surface area contributed by atoms with Crippen LogP contribution in [0.4, 0.5) is 0 Å². The second-order valence-electron chi connectivity index (χ2n) is 7.37. The summed E-state index contributed by atoms with van der Waals surface area (Å²) in [5.74, 6) is 1.36. The number of benzene rings is 1. The van der Waals surface area contributed by atoms with Gasteiger partial charge in [0.2, 0.25) is 0 Å². The Balaban J connectivity index is 1.90. The molecule has 1 aliphatic heterocycles. The number of amides is 1. The van der Waals surface area contributed by atoms with Gasteiger partial charge in [0.05, 0.1) is 37.4 Å². The van der Waals surface area contributed by atoms with Crippen LogP contribution in [0.5, 0.6) is 11.5 Å². The molecule has 0 radical (unpaired) electrons. The Morgan fingerprint density at radius 3 is 2.50 bits per heavy atom. The molecule has 162 valence electrons. The van der Waals surface area contributed by atoms with Crippen LogP contribution in [0.15, 0.2) is 40.8 Å². The van der Waals surface area contributed by atoms with Crippen LogP contribution in [0.2, 0.25) is 0 Å². The minimum absolute atomic E-state index is 0.0308. The van der Waals surface area contributed by atoms with Gasteiger partial charge in [0.15, 0.2) is 11.5 Å². The van der Waals surface area contributed by atoms with Crippen molar-refractivity contribution in [2.75, 3.05) is 33.9 Å². The number of nitrogens with zero attached hydrogens (tertiary/aromatic N) is 3. The quantitative estimate of drug-likeness (QED) is 0.555. The Morgan fingerprint density at radius 1 is 1.17 bits per heavy atom. The fourth-order valence-electron chi connectivity index (χ4n) is 3.82. The molecule has 0 saturated heterocycles. The molecule has 0 saturated carbocycles. The van der Waals surface area contributed by atoms with Gasteiger partial charge in [0, 0.05) is 6.42 Å². The molecule has 6 nitrogen and oxygen atoms in total. The highest BCUT2D eigenvalue weighted by atomic mass is 32.1. The van der Waals surface area contributed by atoms with E-state index >= 15 is 0 Å². The molecule has 7 heteroatoms. The minimum atomic E-state index is -0.153. The third-order valence-electron chi connectivity index (χ3n) is 5.20. The van der Waals surface area contributed by atoms with Gasteiger partial charge in [-0.2, -0.15) is 5.10 Å². The fourth-order valence-corrected chi connectivity index (χ4v) is 4.54. The predicted octanol–water partition coefficient (Wildman–Crippen LogP) is 4.57. The molecular formula is C23H31N3O3S. The molecule has 1 amide bonds. The van der Waals surface area contributed by atoms with Crippen LogP contribution >= 0.6 is 11.3 Å². The van der Waals surface area contributed by atoms with Gasteiger partial charge in [-0.25, -0.2) is 5.01 Å². The van der Waals surface area contributed by atoms with E-state index in [0.29, 0.717) is 24.5 Å². The predicted molar refractivity (Wildman–Crippen MR) is 122 cm³/mol. The highest BCUT2D eigenvalue weighted by Gasteiger charge is 2.34. The van der Waals surface area contributed by atoms with E-state index in [-0.39, 0.29) is 11.9 Å². The maximum atomic E-state index is 13.3. The molecule has 3 rings (SSSR count). The van der Waals surface area contributed by atoms with Crippen molar-refractivity contribution in [3.8, 4) is 11.5 Å². The van der Waals surface area contributed by atoms with E-state index in [9.17, 15) is 4.79 Å². The number of thiophene rings is 1. The summed E-state index contributed by atoms with van der Waals surface area (Å²) in [6.45, 7) is 6.49. The van der Waals surface area contributed by atoms with Gasteiger partial charge in [-0.15, -0.1) is 11.3 Å². The Morgan fingerprint density at radius 2 is 1.90 bits per heavy atom. The fraction of sp³-hybridized carbons (Fsp3) is 0.478. The lowest BCUT2D eigenvalue weighted by Crippen LogP contribution is -2.39. The summed E-state index contributed by atoms with van der Waals surface area (Å²) < 4.78 is 10.9. The number of methoxy groups -OCH3 is 2. The van der Waals surface area contributed by atoms with Gasteiger partial charge in [-0.05, 0) is 55.1 Å². The van der Waals surface area contributed by atoms with E-state index in [0.717, 1.165) is 42.1 Å². The molecular weight excluding hydrogens is 398 g/mol. The highest BCUT2D eigenvalue weighted by Crippen LogP contribution is 2.37. The van der Waals surface area contributed by atoms with Gasteiger partial charge >= 0.3 is 0 Å². The number of carbonyl (C=O) groups is 1.